The Morgan fingerprint density at radius 2 is 1.90 bits per heavy atom. The van der Waals surface area contributed by atoms with Crippen molar-refractivity contribution in [3.05, 3.63) is 46.4 Å². The average Bonchev–Trinajstić information content (AvgIpc) is 2.72. The third kappa shape index (κ3) is 6.60. The topological polar surface area (TPSA) is 84.4 Å². The molecular formula is C20H23BrN4O4S. The van der Waals surface area contributed by atoms with Crippen molar-refractivity contribution in [3.8, 4) is 17.2 Å². The van der Waals surface area contributed by atoms with Crippen molar-refractivity contribution in [2.24, 2.45) is 5.10 Å². The van der Waals surface area contributed by atoms with Crippen molar-refractivity contribution in [2.75, 3.05) is 40.2 Å². The van der Waals surface area contributed by atoms with Crippen molar-refractivity contribution in [1.82, 2.24) is 10.3 Å². The molecule has 10 heteroatoms. The average molecular weight is 495 g/mol. The lowest BCUT2D eigenvalue weighted by atomic mass is 10.2. The van der Waals surface area contributed by atoms with Gasteiger partial charge in [0.1, 0.15) is 5.75 Å². The van der Waals surface area contributed by atoms with E-state index < -0.39 is 0 Å². The normalized spacial score (nSPS) is 10.4. The lowest BCUT2D eigenvalue weighted by molar-refractivity contribution is -0.130. The van der Waals surface area contributed by atoms with Crippen LogP contribution in [0, 0.1) is 0 Å². The van der Waals surface area contributed by atoms with Crippen molar-refractivity contribution in [3.63, 3.8) is 0 Å². The van der Waals surface area contributed by atoms with Crippen molar-refractivity contribution < 1.29 is 19.0 Å². The molecule has 2 aromatic carbocycles. The van der Waals surface area contributed by atoms with Crippen LogP contribution in [-0.2, 0) is 4.79 Å². The highest BCUT2D eigenvalue weighted by atomic mass is 79.9. The molecule has 0 aliphatic carbocycles. The highest BCUT2D eigenvalue weighted by molar-refractivity contribution is 9.10. The molecule has 2 aromatic rings. The summed E-state index contributed by atoms with van der Waals surface area (Å²) in [5.74, 6) is 1.41. The van der Waals surface area contributed by atoms with Gasteiger partial charge in [-0.05, 0) is 58.0 Å². The number of nitrogens with one attached hydrogen (secondary N) is 2. The summed E-state index contributed by atoms with van der Waals surface area (Å²) in [6, 6.07) is 10.9. The number of likely N-dealkylation sites (N-methyl/N-ethyl adjacent to an activating group) is 1. The summed E-state index contributed by atoms with van der Waals surface area (Å²) in [5.41, 5.74) is 4.21. The molecule has 2 N–H and O–H groups in total. The van der Waals surface area contributed by atoms with Gasteiger partial charge < -0.3 is 24.4 Å². The fraction of sp³-hybridized carbons (Fsp3) is 0.250. The molecular weight excluding hydrogens is 472 g/mol. The Morgan fingerprint density at radius 1 is 1.20 bits per heavy atom. The number of hydrogen-bond donors (Lipinski definition) is 2. The summed E-state index contributed by atoms with van der Waals surface area (Å²) in [6.07, 6.45) is 1.58. The van der Waals surface area contributed by atoms with Crippen LogP contribution in [0.4, 0.5) is 5.69 Å². The predicted octanol–water partition coefficient (Wildman–Crippen LogP) is 3.25. The summed E-state index contributed by atoms with van der Waals surface area (Å²) in [7, 11) is 6.44. The zero-order chi connectivity index (χ0) is 22.1. The number of carbonyl (C=O) groups excluding carboxylic acids is 1. The quantitative estimate of drug-likeness (QED) is 0.331. The van der Waals surface area contributed by atoms with E-state index in [9.17, 15) is 4.79 Å². The van der Waals surface area contributed by atoms with Crippen LogP contribution in [0.3, 0.4) is 0 Å². The Hall–Kier alpha value is -2.85. The molecule has 0 aliphatic rings. The Bertz CT molecular complexity index is 937. The van der Waals surface area contributed by atoms with Crippen LogP contribution in [-0.4, -0.2) is 57.1 Å². The molecule has 0 heterocycles. The molecule has 0 fully saturated rings. The number of nitrogens with zero attached hydrogens (tertiary/aromatic N) is 2. The summed E-state index contributed by atoms with van der Waals surface area (Å²) in [5, 5.41) is 7.47. The van der Waals surface area contributed by atoms with E-state index in [0.29, 0.717) is 26.8 Å². The zero-order valence-electron chi connectivity index (χ0n) is 17.1. The molecule has 1 amide bonds. The number of rotatable bonds is 8. The van der Waals surface area contributed by atoms with Crippen LogP contribution in [0.1, 0.15) is 5.56 Å². The second-order valence-electron chi connectivity index (χ2n) is 6.14. The summed E-state index contributed by atoms with van der Waals surface area (Å²) in [6.45, 7) is -0.0974. The lowest BCUT2D eigenvalue weighted by Crippen LogP contribution is -2.27. The predicted molar refractivity (Wildman–Crippen MR) is 125 cm³/mol. The maximum Gasteiger partial charge on any atom is 0.259 e. The van der Waals surface area contributed by atoms with Gasteiger partial charge in [0.25, 0.3) is 5.91 Å². The van der Waals surface area contributed by atoms with Gasteiger partial charge in [0.15, 0.2) is 23.2 Å². The number of amides is 1. The van der Waals surface area contributed by atoms with Crippen molar-refractivity contribution in [2.45, 2.75) is 0 Å². The molecule has 0 saturated heterocycles. The summed E-state index contributed by atoms with van der Waals surface area (Å²) in [4.78, 5) is 13.2. The number of carbonyl (C=O) groups is 1. The Kier molecular flexibility index (Phi) is 8.88. The SMILES string of the molecule is COc1ccccc1NC(=S)NN=Cc1cc(Br)c(OCC(=O)N(C)C)c(OC)c1. The molecule has 160 valence electrons. The first kappa shape index (κ1) is 23.4. The van der Waals surface area contributed by atoms with Crippen LogP contribution < -0.4 is 25.0 Å². The van der Waals surface area contributed by atoms with Gasteiger partial charge in [-0.2, -0.15) is 5.10 Å². The first-order valence-corrected chi connectivity index (χ1v) is 9.99. The van der Waals surface area contributed by atoms with Crippen molar-refractivity contribution in [1.29, 1.82) is 0 Å². The van der Waals surface area contributed by atoms with E-state index >= 15 is 0 Å². The highest BCUT2D eigenvalue weighted by Gasteiger charge is 2.14. The van der Waals surface area contributed by atoms with Crippen LogP contribution in [0.5, 0.6) is 17.2 Å². The van der Waals surface area contributed by atoms with Gasteiger partial charge in [0.2, 0.25) is 0 Å². The number of para-hydroxylation sites is 2. The number of halogens is 1. The maximum absolute atomic E-state index is 11.8. The van der Waals surface area contributed by atoms with E-state index in [1.165, 1.54) is 12.0 Å². The molecule has 0 unspecified atom stereocenters. The number of benzene rings is 2. The monoisotopic (exact) mass is 494 g/mol. The molecule has 0 spiro atoms. The first-order valence-electron chi connectivity index (χ1n) is 8.79. The Morgan fingerprint density at radius 3 is 2.57 bits per heavy atom. The molecule has 0 aliphatic heterocycles. The standard InChI is InChI=1S/C20H23BrN4O4S/c1-25(2)18(26)12-29-19-14(21)9-13(10-17(19)28-4)11-22-24-20(30)23-15-7-5-6-8-16(15)27-3/h5-11H,12H2,1-4H3,(H2,23,24,30). The van der Waals surface area contributed by atoms with Gasteiger partial charge in [-0.25, -0.2) is 0 Å². The smallest absolute Gasteiger partial charge is 0.259 e. The Labute approximate surface area is 189 Å². The number of thiocarbonyl (C=S) groups is 1. The number of methoxy groups -OCH3 is 2. The minimum atomic E-state index is -0.158. The fourth-order valence-electron chi connectivity index (χ4n) is 2.28. The van der Waals surface area contributed by atoms with Crippen LogP contribution >= 0.6 is 28.1 Å². The van der Waals surface area contributed by atoms with Gasteiger partial charge in [0, 0.05) is 14.1 Å². The third-order valence-electron chi connectivity index (χ3n) is 3.83. The van der Waals surface area contributed by atoms with E-state index in [-0.39, 0.29) is 12.5 Å². The first-order chi connectivity index (χ1) is 14.3. The molecule has 0 aromatic heterocycles. The molecule has 8 nitrogen and oxygen atoms in total. The second kappa shape index (κ2) is 11.4. The minimum absolute atomic E-state index is 0.0974. The number of anilines is 1. The highest BCUT2D eigenvalue weighted by Crippen LogP contribution is 2.36. The molecule has 0 bridgehead atoms. The van der Waals surface area contributed by atoms with Crippen LogP contribution in [0.25, 0.3) is 0 Å². The molecule has 0 saturated carbocycles. The number of ether oxygens (including phenoxy) is 3. The van der Waals surface area contributed by atoms with Gasteiger partial charge in [-0.1, -0.05) is 12.1 Å². The van der Waals surface area contributed by atoms with Crippen LogP contribution in [0.15, 0.2) is 46.0 Å². The fourth-order valence-corrected chi connectivity index (χ4v) is 3.02. The summed E-state index contributed by atoms with van der Waals surface area (Å²) >= 11 is 8.70. The van der Waals surface area contributed by atoms with Gasteiger partial charge >= 0.3 is 0 Å². The number of hydrogen-bond acceptors (Lipinski definition) is 6. The van der Waals surface area contributed by atoms with E-state index in [0.717, 1.165) is 11.3 Å². The van der Waals surface area contributed by atoms with Gasteiger partial charge in [0.05, 0.1) is 30.6 Å². The van der Waals surface area contributed by atoms with Gasteiger partial charge in [-0.15, -0.1) is 0 Å². The van der Waals surface area contributed by atoms with Crippen molar-refractivity contribution >= 4 is 51.1 Å². The minimum Gasteiger partial charge on any atom is -0.495 e. The van der Waals surface area contributed by atoms with E-state index in [2.05, 4.69) is 31.8 Å². The largest absolute Gasteiger partial charge is 0.495 e. The lowest BCUT2D eigenvalue weighted by Gasteiger charge is -2.15. The van der Waals surface area contributed by atoms with E-state index in [4.69, 9.17) is 26.4 Å². The maximum atomic E-state index is 11.8. The Balaban J connectivity index is 2.03. The molecule has 0 atom stereocenters. The molecule has 0 radical (unpaired) electrons. The third-order valence-corrected chi connectivity index (χ3v) is 4.61. The van der Waals surface area contributed by atoms with E-state index in [1.807, 2.05) is 24.3 Å². The molecule has 2 rings (SSSR count). The second-order valence-corrected chi connectivity index (χ2v) is 7.40. The number of hydrazone groups is 1. The molecule has 30 heavy (non-hydrogen) atoms. The van der Waals surface area contributed by atoms with Crippen LogP contribution in [0.2, 0.25) is 0 Å². The summed E-state index contributed by atoms with van der Waals surface area (Å²) < 4.78 is 16.9. The van der Waals surface area contributed by atoms with Gasteiger partial charge in [-0.3, -0.25) is 10.2 Å². The van der Waals surface area contributed by atoms with E-state index in [1.54, 1.807) is 39.6 Å². The zero-order valence-corrected chi connectivity index (χ0v) is 19.5.